The van der Waals surface area contributed by atoms with E-state index in [9.17, 15) is 12.8 Å². The molecule has 1 saturated heterocycles. The number of nitrogens with zero attached hydrogens (tertiary/aromatic N) is 3. The molecule has 1 aliphatic heterocycles. The van der Waals surface area contributed by atoms with Crippen molar-refractivity contribution in [2.24, 2.45) is 0 Å². The van der Waals surface area contributed by atoms with Crippen LogP contribution in [0.15, 0.2) is 27.7 Å². The first-order chi connectivity index (χ1) is 10.9. The molecule has 1 aliphatic rings. The van der Waals surface area contributed by atoms with Crippen LogP contribution >= 0.6 is 0 Å². The number of hydrogen-bond donors (Lipinski definition) is 0. The van der Waals surface area contributed by atoms with E-state index in [1.165, 1.54) is 16.6 Å². The molecule has 6 nitrogen and oxygen atoms in total. The van der Waals surface area contributed by atoms with E-state index in [0.717, 1.165) is 5.69 Å². The van der Waals surface area contributed by atoms with Crippen LogP contribution in [-0.2, 0) is 10.0 Å². The molecule has 3 heterocycles. The quantitative estimate of drug-likeness (QED) is 0.858. The predicted octanol–water partition coefficient (Wildman–Crippen LogP) is 2.39. The monoisotopic (exact) mass is 339 g/mol. The highest BCUT2D eigenvalue weighted by molar-refractivity contribution is 7.89. The van der Waals surface area contributed by atoms with Gasteiger partial charge in [0.1, 0.15) is 16.4 Å². The largest absolute Gasteiger partial charge is 0.360 e. The van der Waals surface area contributed by atoms with Gasteiger partial charge in [-0.3, -0.25) is 4.98 Å². The molecule has 0 N–H and O–H groups in total. The highest BCUT2D eigenvalue weighted by Crippen LogP contribution is 2.31. The summed E-state index contributed by atoms with van der Waals surface area (Å²) >= 11 is 0. The summed E-state index contributed by atoms with van der Waals surface area (Å²) in [4.78, 5) is 4.26. The summed E-state index contributed by atoms with van der Waals surface area (Å²) < 4.78 is 44.8. The second-order valence-corrected chi connectivity index (χ2v) is 7.61. The maximum Gasteiger partial charge on any atom is 0.248 e. The van der Waals surface area contributed by atoms with Gasteiger partial charge in [-0.1, -0.05) is 5.16 Å². The minimum absolute atomic E-state index is 0.145. The first-order valence-corrected chi connectivity index (χ1v) is 8.88. The highest BCUT2D eigenvalue weighted by atomic mass is 32.2. The number of piperidine rings is 1. The summed E-state index contributed by atoms with van der Waals surface area (Å²) in [5.74, 6) is 0.0868. The maximum absolute atomic E-state index is 12.9. The van der Waals surface area contributed by atoms with Gasteiger partial charge in [-0.25, -0.2) is 12.8 Å². The number of pyridine rings is 1. The Bertz CT molecular complexity index is 774. The predicted molar refractivity (Wildman–Crippen MR) is 80.9 cm³/mol. The van der Waals surface area contributed by atoms with Gasteiger partial charge in [0.2, 0.25) is 10.0 Å². The molecule has 0 unspecified atom stereocenters. The molecule has 0 radical (unpaired) electrons. The third-order valence-corrected chi connectivity index (χ3v) is 6.33. The van der Waals surface area contributed by atoms with E-state index in [4.69, 9.17) is 4.52 Å². The fraction of sp³-hybridized carbons (Fsp3) is 0.467. The minimum atomic E-state index is -3.60. The van der Waals surface area contributed by atoms with Gasteiger partial charge in [-0.05, 0) is 38.8 Å². The summed E-state index contributed by atoms with van der Waals surface area (Å²) in [6.07, 6.45) is 2.50. The van der Waals surface area contributed by atoms with Crippen molar-refractivity contribution < 1.29 is 17.3 Å². The van der Waals surface area contributed by atoms with Gasteiger partial charge >= 0.3 is 0 Å². The lowest BCUT2D eigenvalue weighted by atomic mass is 9.94. The molecule has 3 rings (SSSR count). The molecule has 0 aromatic carbocycles. The molecule has 0 atom stereocenters. The second kappa shape index (κ2) is 6.01. The summed E-state index contributed by atoms with van der Waals surface area (Å²) in [5, 5.41) is 3.72. The van der Waals surface area contributed by atoms with Crippen molar-refractivity contribution in [3.8, 4) is 0 Å². The average molecular weight is 339 g/mol. The van der Waals surface area contributed by atoms with Gasteiger partial charge in [-0.15, -0.1) is 0 Å². The van der Waals surface area contributed by atoms with Crippen LogP contribution in [0.1, 0.15) is 35.9 Å². The van der Waals surface area contributed by atoms with Crippen LogP contribution in [0, 0.1) is 19.7 Å². The van der Waals surface area contributed by atoms with Crippen molar-refractivity contribution in [3.05, 3.63) is 41.3 Å². The third kappa shape index (κ3) is 3.00. The van der Waals surface area contributed by atoms with Crippen LogP contribution < -0.4 is 0 Å². The fourth-order valence-corrected chi connectivity index (χ4v) is 4.75. The van der Waals surface area contributed by atoms with Crippen molar-refractivity contribution in [2.75, 3.05) is 13.1 Å². The van der Waals surface area contributed by atoms with Crippen molar-refractivity contribution in [2.45, 2.75) is 37.5 Å². The Morgan fingerprint density at radius 2 is 1.96 bits per heavy atom. The SMILES string of the molecule is Cc1noc(C)c1S(=O)(=O)N1CCC(c2ccc(F)cn2)CC1. The molecule has 0 aliphatic carbocycles. The zero-order valence-electron chi connectivity index (χ0n) is 13.0. The highest BCUT2D eigenvalue weighted by Gasteiger charge is 2.34. The molecular weight excluding hydrogens is 321 g/mol. The van der Waals surface area contributed by atoms with Gasteiger partial charge in [0.05, 0.1) is 6.20 Å². The molecule has 2 aromatic rings. The van der Waals surface area contributed by atoms with Crippen molar-refractivity contribution in [3.63, 3.8) is 0 Å². The van der Waals surface area contributed by atoms with E-state index >= 15 is 0 Å². The average Bonchev–Trinajstić information content (AvgIpc) is 2.88. The Hall–Kier alpha value is -1.80. The van der Waals surface area contributed by atoms with Gasteiger partial charge in [-0.2, -0.15) is 4.31 Å². The third-order valence-electron chi connectivity index (χ3n) is 4.19. The van der Waals surface area contributed by atoms with Gasteiger partial charge < -0.3 is 4.52 Å². The van der Waals surface area contributed by atoms with E-state index < -0.39 is 10.0 Å². The molecule has 0 spiro atoms. The Kier molecular flexibility index (Phi) is 4.20. The molecule has 8 heteroatoms. The first kappa shape index (κ1) is 16.1. The Balaban J connectivity index is 1.75. The Morgan fingerprint density at radius 3 is 2.48 bits per heavy atom. The molecule has 23 heavy (non-hydrogen) atoms. The van der Waals surface area contributed by atoms with Crippen LogP contribution in [-0.4, -0.2) is 36.0 Å². The Morgan fingerprint density at radius 1 is 1.26 bits per heavy atom. The molecular formula is C15H18FN3O3S. The lowest BCUT2D eigenvalue weighted by molar-refractivity contribution is 0.315. The normalized spacial score (nSPS) is 17.5. The summed E-state index contributed by atoms with van der Waals surface area (Å²) in [7, 11) is -3.60. The van der Waals surface area contributed by atoms with Gasteiger partial charge in [0, 0.05) is 24.7 Å². The lowest BCUT2D eigenvalue weighted by Gasteiger charge is -2.30. The van der Waals surface area contributed by atoms with Crippen molar-refractivity contribution >= 4 is 10.0 Å². The van der Waals surface area contributed by atoms with Crippen LogP contribution in [0.2, 0.25) is 0 Å². The lowest BCUT2D eigenvalue weighted by Crippen LogP contribution is -2.38. The number of sulfonamides is 1. The molecule has 0 bridgehead atoms. The van der Waals surface area contributed by atoms with Gasteiger partial charge in [0.25, 0.3) is 0 Å². The summed E-state index contributed by atoms with van der Waals surface area (Å²) in [6, 6.07) is 3.05. The zero-order chi connectivity index (χ0) is 16.6. The summed E-state index contributed by atoms with van der Waals surface area (Å²) in [6.45, 7) is 4.02. The van der Waals surface area contributed by atoms with E-state index in [0.29, 0.717) is 37.4 Å². The van der Waals surface area contributed by atoms with Crippen LogP contribution in [0.25, 0.3) is 0 Å². The van der Waals surface area contributed by atoms with E-state index in [2.05, 4.69) is 10.1 Å². The summed E-state index contributed by atoms with van der Waals surface area (Å²) in [5.41, 5.74) is 1.19. The molecule has 0 saturated carbocycles. The van der Waals surface area contributed by atoms with E-state index in [1.807, 2.05) is 0 Å². The molecule has 124 valence electrons. The number of hydrogen-bond acceptors (Lipinski definition) is 5. The number of aryl methyl sites for hydroxylation is 2. The second-order valence-electron chi connectivity index (χ2n) is 5.73. The zero-order valence-corrected chi connectivity index (χ0v) is 13.8. The number of halogens is 1. The fourth-order valence-electron chi connectivity index (χ4n) is 2.99. The van der Waals surface area contributed by atoms with Crippen molar-refractivity contribution in [1.82, 2.24) is 14.4 Å². The van der Waals surface area contributed by atoms with E-state index in [-0.39, 0.29) is 16.6 Å². The van der Waals surface area contributed by atoms with E-state index in [1.54, 1.807) is 19.9 Å². The van der Waals surface area contributed by atoms with Crippen LogP contribution in [0.4, 0.5) is 4.39 Å². The molecule has 2 aromatic heterocycles. The smallest absolute Gasteiger partial charge is 0.248 e. The number of aromatic nitrogens is 2. The topological polar surface area (TPSA) is 76.3 Å². The standard InChI is InChI=1S/C15H18FN3O3S/c1-10-15(11(2)22-18-10)23(20,21)19-7-5-12(6-8-19)14-4-3-13(16)9-17-14/h3-4,9,12H,5-8H2,1-2H3. The van der Waals surface area contributed by atoms with Crippen molar-refractivity contribution in [1.29, 1.82) is 0 Å². The van der Waals surface area contributed by atoms with Crippen LogP contribution in [0.3, 0.4) is 0 Å². The van der Waals surface area contributed by atoms with Crippen LogP contribution in [0.5, 0.6) is 0 Å². The maximum atomic E-state index is 12.9. The number of rotatable bonds is 3. The minimum Gasteiger partial charge on any atom is -0.360 e. The molecule has 1 fully saturated rings. The first-order valence-electron chi connectivity index (χ1n) is 7.44. The Labute approximate surface area is 134 Å². The van der Waals surface area contributed by atoms with Gasteiger partial charge in [0.15, 0.2) is 5.76 Å². The molecule has 0 amide bonds.